The Hall–Kier alpha value is -0.910. The third kappa shape index (κ3) is 3.16. The molecule has 1 N–H and O–H groups in total. The van der Waals surface area contributed by atoms with E-state index in [2.05, 4.69) is 20.7 Å². The summed E-state index contributed by atoms with van der Waals surface area (Å²) in [6.45, 7) is 3.68. The van der Waals surface area contributed by atoms with Gasteiger partial charge in [-0.15, -0.1) is 0 Å². The fraction of sp³-hybridized carbons (Fsp3) is 0.286. The molecule has 2 aromatic carbocycles. The molecule has 0 atom stereocenters. The van der Waals surface area contributed by atoms with E-state index >= 15 is 0 Å². The number of hydrogen-bond acceptors (Lipinski definition) is 2. The number of fused-ring (bicyclic) bond motifs is 1. The van der Waals surface area contributed by atoms with Crippen LogP contribution in [0.3, 0.4) is 0 Å². The normalized spacial score (nSPS) is 12.8. The highest BCUT2D eigenvalue weighted by Gasteiger charge is 2.26. The molecule has 0 heterocycles. The predicted octanol–water partition coefficient (Wildman–Crippen LogP) is 3.29. The molecule has 0 aliphatic heterocycles. The summed E-state index contributed by atoms with van der Waals surface area (Å²) in [6.07, 6.45) is 0. The van der Waals surface area contributed by atoms with Gasteiger partial charge in [0.1, 0.15) is 0 Å². The summed E-state index contributed by atoms with van der Waals surface area (Å²) in [7, 11) is -3.54. The number of nitrogens with one attached hydrogen (secondary N) is 1. The lowest BCUT2D eigenvalue weighted by atomic mass is 10.1. The van der Waals surface area contributed by atoms with E-state index in [0.717, 1.165) is 10.8 Å². The van der Waals surface area contributed by atoms with Crippen molar-refractivity contribution in [1.82, 2.24) is 4.72 Å². The molecule has 0 saturated carbocycles. The third-order valence-corrected chi connectivity index (χ3v) is 5.94. The van der Waals surface area contributed by atoms with Gasteiger partial charge in [0, 0.05) is 16.3 Å². The van der Waals surface area contributed by atoms with Crippen molar-refractivity contribution in [2.45, 2.75) is 24.3 Å². The predicted molar refractivity (Wildman–Crippen MR) is 82.1 cm³/mol. The Labute approximate surface area is 122 Å². The van der Waals surface area contributed by atoms with Crippen LogP contribution < -0.4 is 4.72 Å². The standard InChI is InChI=1S/C14H16BrNO2S/c1-14(2,10-15)16-19(17,18)13-9-5-7-11-6-3-4-8-12(11)13/h3-9,16H,10H2,1-2H3. The Balaban J connectivity index is 2.55. The van der Waals surface area contributed by atoms with Crippen LogP contribution >= 0.6 is 15.9 Å². The molecule has 0 saturated heterocycles. The molecule has 5 heteroatoms. The molecule has 0 spiro atoms. The van der Waals surface area contributed by atoms with Crippen molar-refractivity contribution in [3.63, 3.8) is 0 Å². The molecule has 0 aromatic heterocycles. The first-order chi connectivity index (χ1) is 8.86. The average Bonchev–Trinajstić information content (AvgIpc) is 2.37. The number of hydrogen-bond donors (Lipinski definition) is 1. The molecule has 0 amide bonds. The van der Waals surface area contributed by atoms with Gasteiger partial charge >= 0.3 is 0 Å². The minimum Gasteiger partial charge on any atom is -0.207 e. The molecule has 19 heavy (non-hydrogen) atoms. The van der Waals surface area contributed by atoms with Gasteiger partial charge in [-0.25, -0.2) is 13.1 Å². The highest BCUT2D eigenvalue weighted by atomic mass is 79.9. The summed E-state index contributed by atoms with van der Waals surface area (Å²) < 4.78 is 27.7. The Morgan fingerprint density at radius 2 is 1.74 bits per heavy atom. The van der Waals surface area contributed by atoms with Gasteiger partial charge in [0.15, 0.2) is 0 Å². The zero-order chi connectivity index (χ0) is 14.1. The van der Waals surface area contributed by atoms with Crippen LogP contribution in [-0.2, 0) is 10.0 Å². The van der Waals surface area contributed by atoms with Gasteiger partial charge in [-0.05, 0) is 25.3 Å². The highest BCUT2D eigenvalue weighted by Crippen LogP contribution is 2.24. The van der Waals surface area contributed by atoms with Gasteiger partial charge in [-0.3, -0.25) is 0 Å². The number of sulfonamides is 1. The molecule has 0 radical (unpaired) electrons. The van der Waals surface area contributed by atoms with Gasteiger partial charge in [0.05, 0.1) is 4.90 Å². The van der Waals surface area contributed by atoms with Crippen LogP contribution in [0.2, 0.25) is 0 Å². The quantitative estimate of drug-likeness (QED) is 0.867. The van der Waals surface area contributed by atoms with Gasteiger partial charge in [-0.2, -0.15) is 0 Å². The van der Waals surface area contributed by atoms with Gasteiger partial charge in [0.2, 0.25) is 10.0 Å². The molecule has 0 aliphatic carbocycles. The van der Waals surface area contributed by atoms with E-state index in [1.807, 2.05) is 44.2 Å². The maximum Gasteiger partial charge on any atom is 0.241 e. The zero-order valence-electron chi connectivity index (χ0n) is 10.9. The van der Waals surface area contributed by atoms with E-state index in [4.69, 9.17) is 0 Å². The van der Waals surface area contributed by atoms with Crippen molar-refractivity contribution >= 4 is 36.7 Å². The fourth-order valence-electron chi connectivity index (χ4n) is 1.88. The second-order valence-corrected chi connectivity index (χ2v) is 7.31. The number of benzene rings is 2. The van der Waals surface area contributed by atoms with Gasteiger partial charge in [0.25, 0.3) is 0 Å². The molecular formula is C14H16BrNO2S. The molecule has 2 rings (SSSR count). The van der Waals surface area contributed by atoms with Gasteiger partial charge in [-0.1, -0.05) is 52.3 Å². The highest BCUT2D eigenvalue weighted by molar-refractivity contribution is 9.09. The van der Waals surface area contributed by atoms with Crippen molar-refractivity contribution in [1.29, 1.82) is 0 Å². The van der Waals surface area contributed by atoms with Crippen LogP contribution in [0.5, 0.6) is 0 Å². The van der Waals surface area contributed by atoms with Gasteiger partial charge < -0.3 is 0 Å². The number of rotatable bonds is 4. The molecule has 102 valence electrons. The maximum atomic E-state index is 12.5. The maximum absolute atomic E-state index is 12.5. The zero-order valence-corrected chi connectivity index (χ0v) is 13.3. The average molecular weight is 342 g/mol. The number of halogens is 1. The van der Waals surface area contributed by atoms with E-state index in [1.165, 1.54) is 0 Å². The van der Waals surface area contributed by atoms with Crippen LogP contribution in [0, 0.1) is 0 Å². The smallest absolute Gasteiger partial charge is 0.207 e. The Bertz CT molecular complexity index is 690. The fourth-order valence-corrected chi connectivity index (χ4v) is 3.84. The lowest BCUT2D eigenvalue weighted by Gasteiger charge is -2.23. The molecule has 0 fully saturated rings. The second kappa shape index (κ2) is 5.23. The minimum atomic E-state index is -3.54. The molecular weight excluding hydrogens is 326 g/mol. The lowest BCUT2D eigenvalue weighted by Crippen LogP contribution is -2.44. The Kier molecular flexibility index (Phi) is 3.99. The van der Waals surface area contributed by atoms with Crippen LogP contribution in [0.1, 0.15) is 13.8 Å². The Morgan fingerprint density at radius 3 is 2.42 bits per heavy atom. The first-order valence-electron chi connectivity index (χ1n) is 5.93. The van der Waals surface area contributed by atoms with Crippen LogP contribution in [-0.4, -0.2) is 19.3 Å². The summed E-state index contributed by atoms with van der Waals surface area (Å²) >= 11 is 3.32. The largest absolute Gasteiger partial charge is 0.241 e. The monoisotopic (exact) mass is 341 g/mol. The van der Waals surface area contributed by atoms with Crippen molar-refractivity contribution in [3.8, 4) is 0 Å². The SMILES string of the molecule is CC(C)(CBr)NS(=O)(=O)c1cccc2ccccc12. The van der Waals surface area contributed by atoms with E-state index in [-0.39, 0.29) is 0 Å². The van der Waals surface area contributed by atoms with Crippen LogP contribution in [0.4, 0.5) is 0 Å². The van der Waals surface area contributed by atoms with Crippen molar-refractivity contribution < 1.29 is 8.42 Å². The third-order valence-electron chi connectivity index (χ3n) is 2.78. The number of alkyl halides is 1. The molecule has 0 unspecified atom stereocenters. The van der Waals surface area contributed by atoms with Crippen LogP contribution in [0.25, 0.3) is 10.8 Å². The summed E-state index contributed by atoms with van der Waals surface area (Å²) in [5.74, 6) is 0. The minimum absolute atomic E-state index is 0.319. The first-order valence-corrected chi connectivity index (χ1v) is 8.54. The molecule has 0 aliphatic rings. The van der Waals surface area contributed by atoms with E-state index in [0.29, 0.717) is 10.2 Å². The van der Waals surface area contributed by atoms with Crippen LogP contribution in [0.15, 0.2) is 47.4 Å². The molecule has 2 aromatic rings. The van der Waals surface area contributed by atoms with Crippen molar-refractivity contribution in [2.75, 3.05) is 5.33 Å². The van der Waals surface area contributed by atoms with E-state index in [1.54, 1.807) is 12.1 Å². The second-order valence-electron chi connectivity index (χ2n) is 5.10. The van der Waals surface area contributed by atoms with E-state index in [9.17, 15) is 8.42 Å². The molecule has 0 bridgehead atoms. The summed E-state index contributed by atoms with van der Waals surface area (Å²) in [5.41, 5.74) is -0.532. The molecule has 3 nitrogen and oxygen atoms in total. The first kappa shape index (κ1) is 14.5. The summed E-state index contributed by atoms with van der Waals surface area (Å²) in [6, 6.07) is 12.8. The summed E-state index contributed by atoms with van der Waals surface area (Å²) in [5, 5.41) is 2.20. The topological polar surface area (TPSA) is 46.2 Å². The lowest BCUT2D eigenvalue weighted by molar-refractivity contribution is 0.501. The summed E-state index contributed by atoms with van der Waals surface area (Å²) in [4.78, 5) is 0.319. The van der Waals surface area contributed by atoms with Crippen molar-refractivity contribution in [3.05, 3.63) is 42.5 Å². The van der Waals surface area contributed by atoms with Crippen molar-refractivity contribution in [2.24, 2.45) is 0 Å². The van der Waals surface area contributed by atoms with E-state index < -0.39 is 15.6 Å². The Morgan fingerprint density at radius 1 is 1.11 bits per heavy atom.